The van der Waals surface area contributed by atoms with Crippen LogP contribution in [-0.4, -0.2) is 43.9 Å². The maximum absolute atomic E-state index is 11.3. The average molecular weight is 222 g/mol. The fourth-order valence-corrected chi connectivity index (χ4v) is 2.50. The number of nitrogens with zero attached hydrogens (tertiary/aromatic N) is 1. The number of hydrogen-bond acceptors (Lipinski definition) is 3. The predicted octanol–water partition coefficient (Wildman–Crippen LogP) is -0.753. The standard InChI is InChI=1S/C7H14N2O4S/c1-8-14(12,13)9-4-2-3-6(5-9)7(10)11/h6,8H,2-5H2,1H3,(H,10,11). The van der Waals surface area contributed by atoms with Gasteiger partial charge in [0.25, 0.3) is 10.2 Å². The Labute approximate surface area is 83.1 Å². The van der Waals surface area contributed by atoms with Crippen molar-refractivity contribution in [1.82, 2.24) is 9.03 Å². The molecular formula is C7H14N2O4S. The van der Waals surface area contributed by atoms with Crippen LogP contribution in [0.1, 0.15) is 12.8 Å². The van der Waals surface area contributed by atoms with Crippen LogP contribution in [0.25, 0.3) is 0 Å². The molecule has 82 valence electrons. The van der Waals surface area contributed by atoms with Crippen molar-refractivity contribution in [3.63, 3.8) is 0 Å². The highest BCUT2D eigenvalue weighted by atomic mass is 32.2. The van der Waals surface area contributed by atoms with E-state index in [-0.39, 0.29) is 6.54 Å². The van der Waals surface area contributed by atoms with E-state index in [0.717, 1.165) is 0 Å². The summed E-state index contributed by atoms with van der Waals surface area (Å²) in [6, 6.07) is 0. The van der Waals surface area contributed by atoms with Crippen molar-refractivity contribution in [1.29, 1.82) is 0 Å². The molecule has 7 heteroatoms. The quantitative estimate of drug-likeness (QED) is 0.657. The smallest absolute Gasteiger partial charge is 0.307 e. The highest BCUT2D eigenvalue weighted by Gasteiger charge is 2.31. The minimum absolute atomic E-state index is 0.0680. The van der Waals surface area contributed by atoms with E-state index in [9.17, 15) is 13.2 Å². The molecule has 1 fully saturated rings. The molecular weight excluding hydrogens is 208 g/mol. The van der Waals surface area contributed by atoms with Crippen molar-refractivity contribution in [2.45, 2.75) is 12.8 Å². The maximum atomic E-state index is 11.3. The summed E-state index contributed by atoms with van der Waals surface area (Å²) in [5.74, 6) is -1.51. The Morgan fingerprint density at radius 3 is 2.71 bits per heavy atom. The van der Waals surface area contributed by atoms with Gasteiger partial charge in [0.2, 0.25) is 0 Å². The number of piperidine rings is 1. The zero-order chi connectivity index (χ0) is 10.8. The van der Waals surface area contributed by atoms with Crippen LogP contribution >= 0.6 is 0 Å². The number of hydrogen-bond donors (Lipinski definition) is 2. The molecule has 1 unspecified atom stereocenters. The molecule has 1 heterocycles. The molecule has 0 radical (unpaired) electrons. The molecule has 0 aromatic heterocycles. The van der Waals surface area contributed by atoms with Gasteiger partial charge in [0.15, 0.2) is 0 Å². The SMILES string of the molecule is CNS(=O)(=O)N1CCCC(C(=O)O)C1. The van der Waals surface area contributed by atoms with Gasteiger partial charge in [0, 0.05) is 20.1 Å². The number of carboxylic acid groups (broad SMARTS) is 1. The van der Waals surface area contributed by atoms with Gasteiger partial charge >= 0.3 is 5.97 Å². The van der Waals surface area contributed by atoms with E-state index >= 15 is 0 Å². The summed E-state index contributed by atoms with van der Waals surface area (Å²) in [5.41, 5.74) is 0. The number of rotatable bonds is 3. The van der Waals surface area contributed by atoms with Crippen LogP contribution in [0, 0.1) is 5.92 Å². The van der Waals surface area contributed by atoms with Gasteiger partial charge in [-0.05, 0) is 12.8 Å². The third-order valence-electron chi connectivity index (χ3n) is 2.33. The zero-order valence-corrected chi connectivity index (χ0v) is 8.75. The molecule has 6 nitrogen and oxygen atoms in total. The maximum Gasteiger partial charge on any atom is 0.307 e. The van der Waals surface area contributed by atoms with Gasteiger partial charge < -0.3 is 5.11 Å². The van der Waals surface area contributed by atoms with Crippen molar-refractivity contribution in [2.75, 3.05) is 20.1 Å². The second-order valence-electron chi connectivity index (χ2n) is 3.24. The van der Waals surface area contributed by atoms with Gasteiger partial charge in [0.1, 0.15) is 0 Å². The van der Waals surface area contributed by atoms with Crippen LogP contribution in [0.3, 0.4) is 0 Å². The molecule has 0 aromatic carbocycles. The molecule has 0 amide bonds. The van der Waals surface area contributed by atoms with Crippen molar-refractivity contribution in [3.8, 4) is 0 Å². The first-order valence-corrected chi connectivity index (χ1v) is 5.83. The first kappa shape index (κ1) is 11.4. The van der Waals surface area contributed by atoms with Gasteiger partial charge in [0.05, 0.1) is 5.92 Å². The topological polar surface area (TPSA) is 86.7 Å². The third-order valence-corrected chi connectivity index (χ3v) is 3.86. The Balaban J connectivity index is 2.70. The lowest BCUT2D eigenvalue weighted by Gasteiger charge is -2.29. The molecule has 0 bridgehead atoms. The second kappa shape index (κ2) is 4.24. The van der Waals surface area contributed by atoms with Gasteiger partial charge in [-0.2, -0.15) is 12.7 Å². The Kier molecular flexibility index (Phi) is 3.46. The highest BCUT2D eigenvalue weighted by molar-refractivity contribution is 7.87. The molecule has 0 spiro atoms. The summed E-state index contributed by atoms with van der Waals surface area (Å²) >= 11 is 0. The molecule has 1 atom stereocenters. The van der Waals surface area contributed by atoms with E-state index in [1.54, 1.807) is 0 Å². The summed E-state index contributed by atoms with van der Waals surface area (Å²) in [6.07, 6.45) is 1.14. The Hall–Kier alpha value is -0.660. The molecule has 1 rings (SSSR count). The Morgan fingerprint density at radius 2 is 2.21 bits per heavy atom. The van der Waals surface area contributed by atoms with Crippen LogP contribution in [0.5, 0.6) is 0 Å². The van der Waals surface area contributed by atoms with Crippen LogP contribution < -0.4 is 4.72 Å². The summed E-state index contributed by atoms with van der Waals surface area (Å²) in [5, 5.41) is 8.75. The first-order valence-electron chi connectivity index (χ1n) is 4.39. The lowest BCUT2D eigenvalue weighted by Crippen LogP contribution is -2.46. The largest absolute Gasteiger partial charge is 0.481 e. The van der Waals surface area contributed by atoms with Crippen LogP contribution in [0.4, 0.5) is 0 Å². The van der Waals surface area contributed by atoms with E-state index in [4.69, 9.17) is 5.11 Å². The Morgan fingerprint density at radius 1 is 1.57 bits per heavy atom. The molecule has 0 saturated carbocycles. The van der Waals surface area contributed by atoms with Crippen molar-refractivity contribution < 1.29 is 18.3 Å². The molecule has 14 heavy (non-hydrogen) atoms. The second-order valence-corrected chi connectivity index (χ2v) is 5.12. The molecule has 0 aliphatic carbocycles. The van der Waals surface area contributed by atoms with Crippen molar-refractivity contribution >= 4 is 16.2 Å². The number of carbonyl (C=O) groups is 1. The van der Waals surface area contributed by atoms with E-state index in [0.29, 0.717) is 19.4 Å². The minimum atomic E-state index is -3.47. The van der Waals surface area contributed by atoms with E-state index in [2.05, 4.69) is 4.72 Å². The van der Waals surface area contributed by atoms with Gasteiger partial charge in [-0.1, -0.05) is 0 Å². The summed E-state index contributed by atoms with van der Waals surface area (Å²) < 4.78 is 26.0. The fourth-order valence-electron chi connectivity index (χ4n) is 1.49. The number of carboxylic acids is 1. The third kappa shape index (κ3) is 2.43. The molecule has 1 saturated heterocycles. The monoisotopic (exact) mass is 222 g/mol. The normalized spacial score (nSPS) is 24.8. The Bertz CT molecular complexity index is 314. The molecule has 2 N–H and O–H groups in total. The van der Waals surface area contributed by atoms with Gasteiger partial charge in [-0.3, -0.25) is 4.79 Å². The van der Waals surface area contributed by atoms with E-state index in [1.165, 1.54) is 11.4 Å². The van der Waals surface area contributed by atoms with E-state index in [1.807, 2.05) is 0 Å². The number of nitrogens with one attached hydrogen (secondary N) is 1. The molecule has 1 aliphatic rings. The van der Waals surface area contributed by atoms with Crippen LogP contribution in [0.2, 0.25) is 0 Å². The highest BCUT2D eigenvalue weighted by Crippen LogP contribution is 2.18. The van der Waals surface area contributed by atoms with Crippen molar-refractivity contribution in [2.24, 2.45) is 5.92 Å². The lowest BCUT2D eigenvalue weighted by molar-refractivity contribution is -0.142. The van der Waals surface area contributed by atoms with Crippen LogP contribution in [-0.2, 0) is 15.0 Å². The summed E-state index contributed by atoms with van der Waals surface area (Å²) in [4.78, 5) is 10.7. The summed E-state index contributed by atoms with van der Waals surface area (Å²) in [7, 11) is -2.15. The van der Waals surface area contributed by atoms with Gasteiger partial charge in [-0.15, -0.1) is 0 Å². The zero-order valence-electron chi connectivity index (χ0n) is 7.93. The number of aliphatic carboxylic acids is 1. The van der Waals surface area contributed by atoms with Crippen LogP contribution in [0.15, 0.2) is 0 Å². The minimum Gasteiger partial charge on any atom is -0.481 e. The molecule has 0 aromatic rings. The van der Waals surface area contributed by atoms with Crippen molar-refractivity contribution in [3.05, 3.63) is 0 Å². The average Bonchev–Trinajstić information content (AvgIpc) is 2.18. The van der Waals surface area contributed by atoms with E-state index < -0.39 is 22.1 Å². The summed E-state index contributed by atoms with van der Waals surface area (Å²) in [6.45, 7) is 0.464. The fraction of sp³-hybridized carbons (Fsp3) is 0.857. The lowest BCUT2D eigenvalue weighted by atomic mass is 10.0. The molecule has 1 aliphatic heterocycles. The van der Waals surface area contributed by atoms with Gasteiger partial charge in [-0.25, -0.2) is 4.72 Å². The predicted molar refractivity (Wildman–Crippen MR) is 49.9 cm³/mol. The first-order chi connectivity index (χ1) is 6.47.